The van der Waals surface area contributed by atoms with Crippen molar-refractivity contribution in [2.24, 2.45) is 0 Å². The lowest BCUT2D eigenvalue weighted by atomic mass is 10.2. The number of pyridine rings is 1. The van der Waals surface area contributed by atoms with Gasteiger partial charge >= 0.3 is 0 Å². The summed E-state index contributed by atoms with van der Waals surface area (Å²) in [7, 11) is -3.73. The van der Waals surface area contributed by atoms with Gasteiger partial charge in [0.15, 0.2) is 0 Å². The number of hydrogen-bond donors (Lipinski definition) is 0. The van der Waals surface area contributed by atoms with E-state index in [-0.39, 0.29) is 23.2 Å². The van der Waals surface area contributed by atoms with Crippen LogP contribution in [0.3, 0.4) is 0 Å². The molecular formula is C20H16ClN3O3S3. The molecule has 0 aliphatic carbocycles. The number of hydrogen-bond acceptors (Lipinski definition) is 6. The fraction of sp³-hybridized carbons (Fsp3) is 0.200. The highest BCUT2D eigenvalue weighted by Crippen LogP contribution is 2.33. The monoisotopic (exact) mass is 477 g/mol. The third-order valence-electron chi connectivity index (χ3n) is 5.16. The SMILES string of the molecule is O=C1CN(S(=O)(=O)c2cc3ccc(Cl)cc3s2)CCN1Cc1csc2cnccc12. The van der Waals surface area contributed by atoms with Crippen LogP contribution in [0.15, 0.2) is 52.3 Å². The lowest BCUT2D eigenvalue weighted by Gasteiger charge is -2.33. The first-order chi connectivity index (χ1) is 14.4. The van der Waals surface area contributed by atoms with E-state index in [4.69, 9.17) is 11.6 Å². The Balaban J connectivity index is 1.35. The fourth-order valence-corrected chi connectivity index (χ4v) is 7.69. The number of carbonyl (C=O) groups is 1. The molecule has 4 heterocycles. The summed E-state index contributed by atoms with van der Waals surface area (Å²) in [4.78, 5) is 18.6. The van der Waals surface area contributed by atoms with Crippen molar-refractivity contribution in [3.8, 4) is 0 Å². The molecule has 1 aliphatic rings. The van der Waals surface area contributed by atoms with E-state index in [0.717, 1.165) is 25.7 Å². The molecule has 5 rings (SSSR count). The summed E-state index contributed by atoms with van der Waals surface area (Å²) in [5, 5.41) is 4.51. The topological polar surface area (TPSA) is 70.6 Å². The van der Waals surface area contributed by atoms with Crippen molar-refractivity contribution in [1.82, 2.24) is 14.2 Å². The molecule has 0 saturated carbocycles. The van der Waals surface area contributed by atoms with E-state index in [0.29, 0.717) is 18.1 Å². The lowest BCUT2D eigenvalue weighted by molar-refractivity contribution is -0.134. The van der Waals surface area contributed by atoms with E-state index in [1.54, 1.807) is 46.7 Å². The number of nitrogens with zero attached hydrogens (tertiary/aromatic N) is 3. The molecule has 1 aliphatic heterocycles. The molecule has 0 spiro atoms. The van der Waals surface area contributed by atoms with E-state index in [1.807, 2.05) is 17.6 Å². The zero-order chi connectivity index (χ0) is 20.9. The van der Waals surface area contributed by atoms with Gasteiger partial charge in [-0.15, -0.1) is 22.7 Å². The van der Waals surface area contributed by atoms with Crippen molar-refractivity contribution in [3.63, 3.8) is 0 Å². The van der Waals surface area contributed by atoms with Crippen LogP contribution in [0.25, 0.3) is 20.2 Å². The van der Waals surface area contributed by atoms with Crippen molar-refractivity contribution < 1.29 is 13.2 Å². The summed E-state index contributed by atoms with van der Waals surface area (Å²) >= 11 is 8.78. The van der Waals surface area contributed by atoms with E-state index in [2.05, 4.69) is 4.98 Å². The second-order valence-corrected chi connectivity index (χ2v) is 11.6. The molecule has 3 aromatic heterocycles. The van der Waals surface area contributed by atoms with Crippen molar-refractivity contribution in [2.75, 3.05) is 19.6 Å². The molecule has 0 N–H and O–H groups in total. The molecule has 0 unspecified atom stereocenters. The zero-order valence-corrected chi connectivity index (χ0v) is 18.8. The molecule has 4 aromatic rings. The van der Waals surface area contributed by atoms with Crippen LogP contribution in [0.2, 0.25) is 5.02 Å². The van der Waals surface area contributed by atoms with Gasteiger partial charge in [0.25, 0.3) is 10.0 Å². The van der Waals surface area contributed by atoms with Gasteiger partial charge in [0.05, 0.1) is 11.2 Å². The second-order valence-electron chi connectivity index (χ2n) is 7.03. The number of sulfonamides is 1. The van der Waals surface area contributed by atoms with Gasteiger partial charge < -0.3 is 4.90 Å². The van der Waals surface area contributed by atoms with E-state index < -0.39 is 10.0 Å². The number of thiophene rings is 2. The van der Waals surface area contributed by atoms with Gasteiger partial charge in [-0.3, -0.25) is 9.78 Å². The standard InChI is InChI=1S/C20H16ClN3O3S3/c21-15-2-1-13-7-20(29-17(13)8-15)30(26,27)24-6-5-23(19(25)11-24)10-14-12-28-18-9-22-4-3-16(14)18/h1-4,7-9,12H,5-6,10-11H2. The van der Waals surface area contributed by atoms with Gasteiger partial charge in [-0.25, -0.2) is 8.42 Å². The molecule has 1 amide bonds. The summed E-state index contributed by atoms with van der Waals surface area (Å²) in [6.07, 6.45) is 3.55. The van der Waals surface area contributed by atoms with Crippen LogP contribution in [0.5, 0.6) is 0 Å². The van der Waals surface area contributed by atoms with Crippen molar-refractivity contribution >= 4 is 70.4 Å². The Kier molecular flexibility index (Phi) is 5.03. The summed E-state index contributed by atoms with van der Waals surface area (Å²) in [5.41, 5.74) is 1.06. The Hall–Kier alpha value is -2.04. The van der Waals surface area contributed by atoms with Crippen LogP contribution in [-0.2, 0) is 21.4 Å². The third kappa shape index (κ3) is 3.50. The summed E-state index contributed by atoms with van der Waals surface area (Å²) in [6, 6.07) is 8.88. The number of aromatic nitrogens is 1. The smallest absolute Gasteiger partial charge is 0.253 e. The molecule has 1 fully saturated rings. The molecule has 1 aromatic carbocycles. The first-order valence-corrected chi connectivity index (χ1v) is 12.7. The van der Waals surface area contributed by atoms with Gasteiger partial charge in [0.1, 0.15) is 4.21 Å². The van der Waals surface area contributed by atoms with Crippen molar-refractivity contribution in [1.29, 1.82) is 0 Å². The summed E-state index contributed by atoms with van der Waals surface area (Å²) in [5.74, 6) is -0.192. The quantitative estimate of drug-likeness (QED) is 0.441. The number of piperazine rings is 1. The highest BCUT2D eigenvalue weighted by Gasteiger charge is 2.34. The predicted molar refractivity (Wildman–Crippen MR) is 121 cm³/mol. The molecule has 30 heavy (non-hydrogen) atoms. The molecule has 0 radical (unpaired) electrons. The summed E-state index contributed by atoms with van der Waals surface area (Å²) in [6.45, 7) is 0.947. The maximum absolute atomic E-state index is 13.1. The van der Waals surface area contributed by atoms with Crippen molar-refractivity contribution in [2.45, 2.75) is 10.8 Å². The van der Waals surface area contributed by atoms with Crippen LogP contribution in [0.1, 0.15) is 5.56 Å². The van der Waals surface area contributed by atoms with Gasteiger partial charge in [-0.05, 0) is 40.6 Å². The number of amides is 1. The Morgan fingerprint density at radius 1 is 1.13 bits per heavy atom. The van der Waals surface area contributed by atoms with Crippen molar-refractivity contribution in [3.05, 3.63) is 58.7 Å². The normalized spacial score (nSPS) is 16.0. The lowest BCUT2D eigenvalue weighted by Crippen LogP contribution is -2.51. The average Bonchev–Trinajstić information content (AvgIpc) is 3.34. The second kappa shape index (κ2) is 7.58. The number of rotatable bonds is 4. The maximum atomic E-state index is 13.1. The third-order valence-corrected chi connectivity index (χ3v) is 9.77. The average molecular weight is 478 g/mol. The van der Waals surface area contributed by atoms with E-state index in [9.17, 15) is 13.2 Å². The first-order valence-electron chi connectivity index (χ1n) is 9.19. The zero-order valence-electron chi connectivity index (χ0n) is 15.6. The Labute approximate surface area is 186 Å². The van der Waals surface area contributed by atoms with Gasteiger partial charge in [0, 0.05) is 47.1 Å². The minimum Gasteiger partial charge on any atom is -0.336 e. The van der Waals surface area contributed by atoms with Crippen LogP contribution in [0.4, 0.5) is 0 Å². The van der Waals surface area contributed by atoms with Crippen LogP contribution in [-0.4, -0.2) is 48.1 Å². The van der Waals surface area contributed by atoms with E-state index >= 15 is 0 Å². The van der Waals surface area contributed by atoms with Gasteiger partial charge in [-0.1, -0.05) is 17.7 Å². The molecule has 1 saturated heterocycles. The van der Waals surface area contributed by atoms with E-state index in [1.165, 1.54) is 15.6 Å². The predicted octanol–water partition coefficient (Wildman–Crippen LogP) is 4.20. The highest BCUT2D eigenvalue weighted by molar-refractivity contribution is 7.91. The Bertz CT molecular complexity index is 1380. The Morgan fingerprint density at radius 3 is 2.83 bits per heavy atom. The molecule has 0 atom stereocenters. The number of halogens is 1. The van der Waals surface area contributed by atoms with Gasteiger partial charge in [-0.2, -0.15) is 4.31 Å². The minimum absolute atomic E-state index is 0.152. The Morgan fingerprint density at radius 2 is 2.00 bits per heavy atom. The molecule has 154 valence electrons. The number of fused-ring (bicyclic) bond motifs is 2. The first kappa shape index (κ1) is 19.9. The fourth-order valence-electron chi connectivity index (χ4n) is 3.56. The summed E-state index contributed by atoms with van der Waals surface area (Å²) < 4.78 is 29.6. The largest absolute Gasteiger partial charge is 0.336 e. The highest BCUT2D eigenvalue weighted by atomic mass is 35.5. The minimum atomic E-state index is -3.73. The van der Waals surface area contributed by atoms with Crippen LogP contribution < -0.4 is 0 Å². The molecule has 10 heteroatoms. The van der Waals surface area contributed by atoms with Crippen LogP contribution >= 0.6 is 34.3 Å². The maximum Gasteiger partial charge on any atom is 0.253 e. The molecule has 6 nitrogen and oxygen atoms in total. The van der Waals surface area contributed by atoms with Gasteiger partial charge in [0.2, 0.25) is 5.91 Å². The molecule has 0 bridgehead atoms. The molecular weight excluding hydrogens is 462 g/mol. The number of benzene rings is 1. The number of carbonyl (C=O) groups excluding carboxylic acids is 1. The van der Waals surface area contributed by atoms with Crippen LogP contribution in [0, 0.1) is 0 Å².